The molecule has 2 aromatic rings. The van der Waals surface area contributed by atoms with Crippen LogP contribution in [0, 0.1) is 0 Å². The molecule has 0 radical (unpaired) electrons. The molecule has 2 aromatic carbocycles. The summed E-state index contributed by atoms with van der Waals surface area (Å²) in [6, 6.07) is 17.3. The average Bonchev–Trinajstić information content (AvgIpc) is 2.74. The minimum Gasteiger partial charge on any atom is -0.492 e. The molecule has 0 unspecified atom stereocenters. The van der Waals surface area contributed by atoms with Gasteiger partial charge in [-0.2, -0.15) is 0 Å². The monoisotopic (exact) mass is 379 g/mol. The standard InChI is InChI=1S/C25H33NO2/c1-3-5-18-26(19-6-4-2)20-21-28-24-15-13-23(14-16-24)25(27)17-12-22-10-8-7-9-11-22/h7-17H,3-6,18-21H2,1-2H3/b17-12+. The normalized spacial score (nSPS) is 11.2. The van der Waals surface area contributed by atoms with Crippen LogP contribution in [0.4, 0.5) is 0 Å². The zero-order valence-corrected chi connectivity index (χ0v) is 17.3. The number of carbonyl (C=O) groups is 1. The molecular weight excluding hydrogens is 346 g/mol. The van der Waals surface area contributed by atoms with E-state index in [2.05, 4.69) is 18.7 Å². The highest BCUT2D eigenvalue weighted by atomic mass is 16.5. The maximum atomic E-state index is 12.3. The fourth-order valence-electron chi connectivity index (χ4n) is 2.94. The number of unbranched alkanes of at least 4 members (excludes halogenated alkanes) is 2. The highest BCUT2D eigenvalue weighted by Crippen LogP contribution is 2.14. The van der Waals surface area contributed by atoms with Gasteiger partial charge in [-0.15, -0.1) is 0 Å². The molecule has 0 heterocycles. The lowest BCUT2D eigenvalue weighted by Gasteiger charge is -2.22. The Balaban J connectivity index is 1.81. The molecular formula is C25H33NO2. The van der Waals surface area contributed by atoms with Crippen LogP contribution in [0.5, 0.6) is 5.75 Å². The van der Waals surface area contributed by atoms with Gasteiger partial charge in [0.15, 0.2) is 5.78 Å². The minimum absolute atomic E-state index is 0.000657. The van der Waals surface area contributed by atoms with E-state index in [4.69, 9.17) is 4.74 Å². The van der Waals surface area contributed by atoms with Gasteiger partial charge in [-0.3, -0.25) is 9.69 Å². The average molecular weight is 380 g/mol. The molecule has 0 aliphatic rings. The largest absolute Gasteiger partial charge is 0.492 e. The predicted molar refractivity (Wildman–Crippen MR) is 118 cm³/mol. The van der Waals surface area contributed by atoms with E-state index in [9.17, 15) is 4.79 Å². The number of rotatable bonds is 13. The van der Waals surface area contributed by atoms with Gasteiger partial charge in [-0.1, -0.05) is 63.1 Å². The Labute approximate surface area is 170 Å². The molecule has 0 saturated carbocycles. The summed E-state index contributed by atoms with van der Waals surface area (Å²) in [4.78, 5) is 14.8. The van der Waals surface area contributed by atoms with E-state index in [1.165, 1.54) is 25.7 Å². The van der Waals surface area contributed by atoms with E-state index in [1.54, 1.807) is 6.08 Å². The Morgan fingerprint density at radius 2 is 1.54 bits per heavy atom. The molecule has 3 heteroatoms. The molecule has 0 saturated heterocycles. The summed E-state index contributed by atoms with van der Waals surface area (Å²) in [7, 11) is 0. The Kier molecular flexibility index (Phi) is 10.1. The molecule has 0 amide bonds. The quantitative estimate of drug-likeness (QED) is 0.322. The molecule has 28 heavy (non-hydrogen) atoms. The van der Waals surface area contributed by atoms with Crippen LogP contribution in [-0.4, -0.2) is 36.9 Å². The first-order valence-electron chi connectivity index (χ1n) is 10.5. The highest BCUT2D eigenvalue weighted by Gasteiger charge is 2.05. The Morgan fingerprint density at radius 1 is 0.893 bits per heavy atom. The van der Waals surface area contributed by atoms with Crippen LogP contribution in [0.25, 0.3) is 6.08 Å². The lowest BCUT2D eigenvalue weighted by molar-refractivity contribution is 0.104. The van der Waals surface area contributed by atoms with Crippen LogP contribution >= 0.6 is 0 Å². The van der Waals surface area contributed by atoms with E-state index in [0.717, 1.165) is 30.9 Å². The Hall–Kier alpha value is -2.39. The Morgan fingerprint density at radius 3 is 2.14 bits per heavy atom. The van der Waals surface area contributed by atoms with Gasteiger partial charge in [0.25, 0.3) is 0 Å². The minimum atomic E-state index is 0.000657. The number of carbonyl (C=O) groups excluding carboxylic acids is 1. The number of hydrogen-bond acceptors (Lipinski definition) is 3. The van der Waals surface area contributed by atoms with Crippen molar-refractivity contribution in [2.75, 3.05) is 26.2 Å². The van der Waals surface area contributed by atoms with E-state index in [-0.39, 0.29) is 5.78 Å². The smallest absolute Gasteiger partial charge is 0.185 e. The number of ketones is 1. The van der Waals surface area contributed by atoms with E-state index in [0.29, 0.717) is 12.2 Å². The third-order valence-corrected chi connectivity index (χ3v) is 4.70. The van der Waals surface area contributed by atoms with E-state index >= 15 is 0 Å². The first-order valence-corrected chi connectivity index (χ1v) is 10.5. The van der Waals surface area contributed by atoms with Crippen molar-refractivity contribution in [3.8, 4) is 5.75 Å². The van der Waals surface area contributed by atoms with Crippen LogP contribution in [0.3, 0.4) is 0 Å². The molecule has 0 fully saturated rings. The topological polar surface area (TPSA) is 29.5 Å². The lowest BCUT2D eigenvalue weighted by atomic mass is 10.1. The highest BCUT2D eigenvalue weighted by molar-refractivity contribution is 6.06. The molecule has 0 atom stereocenters. The second-order valence-corrected chi connectivity index (χ2v) is 7.03. The molecule has 0 N–H and O–H groups in total. The number of hydrogen-bond donors (Lipinski definition) is 0. The SMILES string of the molecule is CCCCN(CCCC)CCOc1ccc(C(=O)/C=C/c2ccccc2)cc1. The first-order chi connectivity index (χ1) is 13.7. The molecule has 2 rings (SSSR count). The van der Waals surface area contributed by atoms with Crippen molar-refractivity contribution in [2.24, 2.45) is 0 Å². The second kappa shape index (κ2) is 12.9. The maximum Gasteiger partial charge on any atom is 0.185 e. The van der Waals surface area contributed by atoms with Crippen LogP contribution in [0.15, 0.2) is 60.7 Å². The van der Waals surface area contributed by atoms with Crippen molar-refractivity contribution in [1.29, 1.82) is 0 Å². The zero-order valence-electron chi connectivity index (χ0n) is 17.3. The Bertz CT molecular complexity index is 699. The van der Waals surface area contributed by atoms with Gasteiger partial charge in [-0.25, -0.2) is 0 Å². The van der Waals surface area contributed by atoms with Gasteiger partial charge in [0, 0.05) is 12.1 Å². The molecule has 0 bridgehead atoms. The molecule has 0 aliphatic heterocycles. The molecule has 0 aromatic heterocycles. The fourth-order valence-corrected chi connectivity index (χ4v) is 2.94. The summed E-state index contributed by atoms with van der Waals surface area (Å²) in [5.41, 5.74) is 1.69. The van der Waals surface area contributed by atoms with Gasteiger partial charge in [-0.05, 0) is 61.8 Å². The van der Waals surface area contributed by atoms with Gasteiger partial charge < -0.3 is 4.74 Å². The van der Waals surface area contributed by atoms with Crippen molar-refractivity contribution >= 4 is 11.9 Å². The summed E-state index contributed by atoms with van der Waals surface area (Å²) < 4.78 is 5.89. The number of allylic oxidation sites excluding steroid dienone is 1. The van der Waals surface area contributed by atoms with Gasteiger partial charge in [0.2, 0.25) is 0 Å². The van der Waals surface area contributed by atoms with Gasteiger partial charge in [0.1, 0.15) is 12.4 Å². The summed E-state index contributed by atoms with van der Waals surface area (Å²) in [5, 5.41) is 0. The summed E-state index contributed by atoms with van der Waals surface area (Å²) in [5.74, 6) is 0.815. The van der Waals surface area contributed by atoms with Gasteiger partial charge >= 0.3 is 0 Å². The van der Waals surface area contributed by atoms with Crippen LogP contribution in [0.2, 0.25) is 0 Å². The third kappa shape index (κ3) is 8.10. The summed E-state index contributed by atoms with van der Waals surface area (Å²) in [6.07, 6.45) is 8.36. The number of nitrogens with zero attached hydrogens (tertiary/aromatic N) is 1. The van der Waals surface area contributed by atoms with E-state index in [1.807, 2.05) is 60.7 Å². The van der Waals surface area contributed by atoms with Gasteiger partial charge in [0.05, 0.1) is 0 Å². The summed E-state index contributed by atoms with van der Waals surface area (Å²) in [6.45, 7) is 8.36. The fraction of sp³-hybridized carbons (Fsp3) is 0.400. The first kappa shape index (κ1) is 21.9. The molecule has 3 nitrogen and oxygen atoms in total. The van der Waals surface area contributed by atoms with Crippen LogP contribution in [-0.2, 0) is 0 Å². The van der Waals surface area contributed by atoms with Crippen molar-refractivity contribution in [3.63, 3.8) is 0 Å². The second-order valence-electron chi connectivity index (χ2n) is 7.03. The van der Waals surface area contributed by atoms with Crippen LogP contribution in [0.1, 0.15) is 55.5 Å². The molecule has 150 valence electrons. The molecule has 0 spiro atoms. The number of benzene rings is 2. The third-order valence-electron chi connectivity index (χ3n) is 4.70. The predicted octanol–water partition coefficient (Wildman–Crippen LogP) is 5.86. The summed E-state index contributed by atoms with van der Waals surface area (Å²) >= 11 is 0. The van der Waals surface area contributed by atoms with Crippen molar-refractivity contribution in [1.82, 2.24) is 4.90 Å². The maximum absolute atomic E-state index is 12.3. The van der Waals surface area contributed by atoms with Crippen molar-refractivity contribution in [2.45, 2.75) is 39.5 Å². The molecule has 0 aliphatic carbocycles. The van der Waals surface area contributed by atoms with Crippen molar-refractivity contribution < 1.29 is 9.53 Å². The van der Waals surface area contributed by atoms with Crippen LogP contribution < -0.4 is 4.74 Å². The lowest BCUT2D eigenvalue weighted by Crippen LogP contribution is -2.30. The zero-order chi connectivity index (χ0) is 20.0. The van der Waals surface area contributed by atoms with E-state index < -0.39 is 0 Å². The van der Waals surface area contributed by atoms with Crippen molar-refractivity contribution in [3.05, 3.63) is 71.8 Å². The number of ether oxygens (including phenoxy) is 1.